The largest absolute Gasteiger partial charge is 0.486 e. The molecule has 1 aliphatic heterocycles. The van der Waals surface area contributed by atoms with Crippen LogP contribution in [0, 0.1) is 20.8 Å². The number of hydrogen-bond acceptors (Lipinski definition) is 6. The Morgan fingerprint density at radius 1 is 1.09 bits per heavy atom. The van der Waals surface area contributed by atoms with Gasteiger partial charge in [-0.1, -0.05) is 28.1 Å². The maximum atomic E-state index is 12.9. The Morgan fingerprint density at radius 3 is 2.66 bits per heavy atom. The van der Waals surface area contributed by atoms with E-state index in [1.165, 1.54) is 0 Å². The summed E-state index contributed by atoms with van der Waals surface area (Å²) in [6.45, 7) is 6.18. The van der Waals surface area contributed by atoms with Gasteiger partial charge in [0, 0.05) is 32.4 Å². The molecular formula is C27H24BrNO6. The van der Waals surface area contributed by atoms with E-state index in [-0.39, 0.29) is 24.3 Å². The Bertz CT molecular complexity index is 1450. The molecule has 35 heavy (non-hydrogen) atoms. The number of Topliss-reactive ketones (excluding diaryl/α,β-unsaturated/α-hetero) is 1. The molecule has 0 saturated heterocycles. The van der Waals surface area contributed by atoms with E-state index in [1.807, 2.05) is 60.9 Å². The van der Waals surface area contributed by atoms with Crippen molar-refractivity contribution in [3.63, 3.8) is 0 Å². The fraction of sp³-hybridized carbons (Fsp3) is 0.259. The van der Waals surface area contributed by atoms with E-state index in [0.717, 1.165) is 27.0 Å². The zero-order chi connectivity index (χ0) is 24.7. The molecule has 0 unspecified atom stereocenters. The Labute approximate surface area is 210 Å². The van der Waals surface area contributed by atoms with Crippen molar-refractivity contribution in [2.45, 2.75) is 33.4 Å². The molecule has 0 amide bonds. The van der Waals surface area contributed by atoms with Crippen molar-refractivity contribution in [1.82, 2.24) is 4.57 Å². The number of benzene rings is 2. The zero-order valence-electron chi connectivity index (χ0n) is 19.6. The second kappa shape index (κ2) is 9.26. The summed E-state index contributed by atoms with van der Waals surface area (Å²) >= 11 is 3.42. The summed E-state index contributed by atoms with van der Waals surface area (Å²) < 4.78 is 25.8. The van der Waals surface area contributed by atoms with E-state index in [9.17, 15) is 9.59 Å². The van der Waals surface area contributed by atoms with Crippen molar-refractivity contribution in [1.29, 1.82) is 0 Å². The van der Waals surface area contributed by atoms with Gasteiger partial charge in [-0.2, -0.15) is 0 Å². The van der Waals surface area contributed by atoms with Crippen LogP contribution in [-0.4, -0.2) is 35.6 Å². The molecular weight excluding hydrogens is 514 g/mol. The number of carbonyl (C=O) groups is 2. The van der Waals surface area contributed by atoms with Crippen LogP contribution in [-0.2, 0) is 11.3 Å². The molecule has 0 radical (unpaired) electrons. The highest BCUT2D eigenvalue weighted by atomic mass is 79.9. The van der Waals surface area contributed by atoms with E-state index >= 15 is 0 Å². The summed E-state index contributed by atoms with van der Waals surface area (Å²) in [5, 5.41) is 0.817. The summed E-state index contributed by atoms with van der Waals surface area (Å²) in [7, 11) is 0. The topological polar surface area (TPSA) is 79.9 Å². The first kappa shape index (κ1) is 23.2. The first-order valence-corrected chi connectivity index (χ1v) is 12.1. The molecule has 0 bridgehead atoms. The number of para-hydroxylation sites is 2. The Morgan fingerprint density at radius 2 is 1.86 bits per heavy atom. The molecule has 2 aromatic carbocycles. The third-order valence-electron chi connectivity index (χ3n) is 6.25. The number of ether oxygens (including phenoxy) is 3. The van der Waals surface area contributed by atoms with Crippen LogP contribution in [0.3, 0.4) is 0 Å². The molecule has 5 rings (SSSR count). The second-order valence-electron chi connectivity index (χ2n) is 8.59. The number of fused-ring (bicyclic) bond motifs is 2. The van der Waals surface area contributed by atoms with Crippen LogP contribution >= 0.6 is 15.9 Å². The number of aromatic nitrogens is 1. The van der Waals surface area contributed by atoms with E-state index in [4.69, 9.17) is 18.6 Å². The first-order valence-electron chi connectivity index (χ1n) is 11.3. The SMILES string of the molecule is Cc1c(C(=O)OCC(=O)c2cc(C)n(C[C@@H]3COc4ccccc4O3)c2C)oc2ccc(Br)cc12. The summed E-state index contributed by atoms with van der Waals surface area (Å²) in [5.74, 6) is 0.604. The lowest BCUT2D eigenvalue weighted by Crippen LogP contribution is -2.33. The number of esters is 1. The molecule has 0 fully saturated rings. The Kier molecular flexibility index (Phi) is 6.15. The molecule has 8 heteroatoms. The number of hydrogen-bond donors (Lipinski definition) is 0. The van der Waals surface area contributed by atoms with Crippen LogP contribution in [0.2, 0.25) is 0 Å². The Balaban J connectivity index is 1.26. The van der Waals surface area contributed by atoms with Gasteiger partial charge in [-0.3, -0.25) is 4.79 Å². The summed E-state index contributed by atoms with van der Waals surface area (Å²) in [6, 6.07) is 14.9. The molecule has 0 N–H and O–H groups in total. The third kappa shape index (κ3) is 4.46. The van der Waals surface area contributed by atoms with Crippen LogP contribution in [0.25, 0.3) is 11.0 Å². The lowest BCUT2D eigenvalue weighted by molar-refractivity contribution is 0.0445. The average molecular weight is 538 g/mol. The van der Waals surface area contributed by atoms with Crippen LogP contribution in [0.1, 0.15) is 37.9 Å². The van der Waals surface area contributed by atoms with Gasteiger partial charge in [-0.25, -0.2) is 4.79 Å². The highest BCUT2D eigenvalue weighted by molar-refractivity contribution is 9.10. The number of furan rings is 1. The van der Waals surface area contributed by atoms with Gasteiger partial charge in [0.1, 0.15) is 12.2 Å². The fourth-order valence-corrected chi connectivity index (χ4v) is 4.74. The van der Waals surface area contributed by atoms with Crippen LogP contribution in [0.5, 0.6) is 11.5 Å². The van der Waals surface area contributed by atoms with E-state index in [0.29, 0.717) is 35.6 Å². The number of carbonyl (C=O) groups excluding carboxylic acids is 2. The van der Waals surface area contributed by atoms with Crippen molar-refractivity contribution in [2.24, 2.45) is 0 Å². The van der Waals surface area contributed by atoms with Gasteiger partial charge in [0.25, 0.3) is 0 Å². The highest BCUT2D eigenvalue weighted by Gasteiger charge is 2.25. The third-order valence-corrected chi connectivity index (χ3v) is 6.74. The summed E-state index contributed by atoms with van der Waals surface area (Å²) in [4.78, 5) is 25.6. The number of halogens is 1. The standard InChI is InChI=1S/C27H24BrNO6/c1-15-10-21(17(3)29(15)12-19-13-32-24-6-4-5-7-25(24)34-19)22(30)14-33-27(31)26-16(2)20-11-18(28)8-9-23(20)35-26/h4-11,19H,12-14H2,1-3H3/t19-/m1/s1. The van der Waals surface area contributed by atoms with E-state index in [2.05, 4.69) is 15.9 Å². The summed E-state index contributed by atoms with van der Waals surface area (Å²) in [6.07, 6.45) is -0.188. The molecule has 4 aromatic rings. The minimum Gasteiger partial charge on any atom is -0.486 e. The number of ketones is 1. The Hall–Kier alpha value is -3.52. The predicted octanol–water partition coefficient (Wildman–Crippen LogP) is 5.80. The molecule has 180 valence electrons. The molecule has 0 spiro atoms. The van der Waals surface area contributed by atoms with Crippen molar-refractivity contribution in [3.8, 4) is 11.5 Å². The van der Waals surface area contributed by atoms with E-state index < -0.39 is 5.97 Å². The monoisotopic (exact) mass is 537 g/mol. The minimum atomic E-state index is -0.664. The quantitative estimate of drug-likeness (QED) is 0.228. The van der Waals surface area contributed by atoms with Crippen LogP contribution < -0.4 is 9.47 Å². The molecule has 0 saturated carbocycles. The lowest BCUT2D eigenvalue weighted by atomic mass is 10.1. The van der Waals surface area contributed by atoms with Gasteiger partial charge < -0.3 is 23.2 Å². The molecule has 2 aromatic heterocycles. The van der Waals surface area contributed by atoms with Gasteiger partial charge in [-0.05, 0) is 57.2 Å². The van der Waals surface area contributed by atoms with Crippen molar-refractivity contribution >= 4 is 38.7 Å². The first-order chi connectivity index (χ1) is 16.8. The summed E-state index contributed by atoms with van der Waals surface area (Å²) in [5.41, 5.74) is 3.48. The smallest absolute Gasteiger partial charge is 0.375 e. The van der Waals surface area contributed by atoms with Gasteiger partial charge in [0.15, 0.2) is 24.2 Å². The van der Waals surface area contributed by atoms with Gasteiger partial charge in [-0.15, -0.1) is 0 Å². The normalized spacial score (nSPS) is 14.8. The lowest BCUT2D eigenvalue weighted by Gasteiger charge is -2.27. The number of rotatable bonds is 6. The van der Waals surface area contributed by atoms with Gasteiger partial charge in [0.05, 0.1) is 6.54 Å². The van der Waals surface area contributed by atoms with E-state index in [1.54, 1.807) is 13.0 Å². The van der Waals surface area contributed by atoms with Gasteiger partial charge in [0.2, 0.25) is 11.5 Å². The average Bonchev–Trinajstić information content (AvgIpc) is 3.33. The second-order valence-corrected chi connectivity index (χ2v) is 9.50. The molecule has 0 aliphatic carbocycles. The molecule has 1 aliphatic rings. The maximum absolute atomic E-state index is 12.9. The fourth-order valence-electron chi connectivity index (χ4n) is 4.38. The molecule has 7 nitrogen and oxygen atoms in total. The van der Waals surface area contributed by atoms with Crippen LogP contribution in [0.15, 0.2) is 57.4 Å². The number of aryl methyl sites for hydroxylation is 2. The van der Waals surface area contributed by atoms with Crippen molar-refractivity contribution in [3.05, 3.63) is 81.3 Å². The maximum Gasteiger partial charge on any atom is 0.375 e. The van der Waals surface area contributed by atoms with Crippen LogP contribution in [0.4, 0.5) is 0 Å². The molecule has 3 heterocycles. The van der Waals surface area contributed by atoms with Gasteiger partial charge >= 0.3 is 5.97 Å². The zero-order valence-corrected chi connectivity index (χ0v) is 21.2. The highest BCUT2D eigenvalue weighted by Crippen LogP contribution is 2.32. The predicted molar refractivity (Wildman–Crippen MR) is 134 cm³/mol. The van der Waals surface area contributed by atoms with Crippen molar-refractivity contribution < 1.29 is 28.2 Å². The minimum absolute atomic E-state index is 0.103. The number of nitrogens with zero attached hydrogens (tertiary/aromatic N) is 1. The van der Waals surface area contributed by atoms with Crippen molar-refractivity contribution in [2.75, 3.05) is 13.2 Å². The molecule has 1 atom stereocenters.